The molecule has 2 aliphatic rings. The number of hydrogen-bond acceptors (Lipinski definition) is 6. The van der Waals surface area contributed by atoms with E-state index in [1.54, 1.807) is 0 Å². The maximum atomic E-state index is 5.32. The van der Waals surface area contributed by atoms with Crippen molar-refractivity contribution in [3.05, 3.63) is 374 Å². The highest BCUT2D eigenvalue weighted by Crippen LogP contribution is 2.52. The van der Waals surface area contributed by atoms with Gasteiger partial charge in [-0.1, -0.05) is 343 Å². The molecule has 22 rings (SSSR count). The molecule has 2 aromatic heterocycles. The van der Waals surface area contributed by atoms with Crippen LogP contribution in [0.4, 0.5) is 0 Å². The van der Waals surface area contributed by atoms with Gasteiger partial charge in [0.05, 0.1) is 0 Å². The first kappa shape index (κ1) is 64.4. The van der Waals surface area contributed by atoms with Crippen LogP contribution in [0.1, 0.15) is 49.9 Å². The molecule has 0 N–H and O–H groups in total. The molecule has 0 amide bonds. The molecule has 0 atom stereocenters. The maximum Gasteiger partial charge on any atom is 0.164 e. The van der Waals surface area contributed by atoms with Crippen molar-refractivity contribution in [1.82, 2.24) is 29.9 Å². The highest BCUT2D eigenvalue weighted by atomic mass is 15.0. The molecule has 6 heteroatoms. The number of aromatic nitrogens is 6. The quantitative estimate of drug-likeness (QED) is 0.141. The molecule has 18 aromatic carbocycles. The first-order valence-electron chi connectivity index (χ1n) is 37.9. The van der Waals surface area contributed by atoms with Gasteiger partial charge in [-0.2, -0.15) is 0 Å². The van der Waals surface area contributed by atoms with Crippen molar-refractivity contribution in [2.24, 2.45) is 0 Å². The molecule has 516 valence electrons. The standard InChI is InChI=1S/2C52H35N3/c1-52(2)47-22-12-11-21-43(47)44-28-27-34(31-48(44)52)32-23-25-33(26-24-32)49-53-50(45-29-35-13-3-5-15-37(35)39-17-7-9-19-41(39)45)55-51(54-49)46-30-36-14-4-6-16-38(36)40-18-8-10-20-42(40)46;1-52(2)47-14-8-7-13-43(47)44-28-27-38(31-48(44)52)32-15-23-37(24-16-32)49-53-50(39-25-21-35-19-17-33-9-3-5-11-41(33)45(35)29-39)55-51(54-49)40-26-22-36-20-18-34-10-4-6-12-42(34)46(36)30-40/h2*3-31H,1-2H3. The highest BCUT2D eigenvalue weighted by Gasteiger charge is 2.37. The van der Waals surface area contributed by atoms with E-state index in [1.807, 2.05) is 0 Å². The molecular formula is C104H70N6. The third kappa shape index (κ3) is 10.7. The van der Waals surface area contributed by atoms with Gasteiger partial charge in [0.1, 0.15) is 0 Å². The summed E-state index contributed by atoms with van der Waals surface area (Å²) in [6, 6.07) is 126. The van der Waals surface area contributed by atoms with E-state index in [2.05, 4.69) is 380 Å². The Morgan fingerprint density at radius 1 is 0.155 bits per heavy atom. The zero-order valence-corrected chi connectivity index (χ0v) is 61.2. The van der Waals surface area contributed by atoms with Crippen molar-refractivity contribution in [2.45, 2.75) is 38.5 Å². The minimum absolute atomic E-state index is 0.0519. The van der Waals surface area contributed by atoms with Gasteiger partial charge in [-0.3, -0.25) is 0 Å². The molecule has 0 bridgehead atoms. The van der Waals surface area contributed by atoms with Crippen LogP contribution in [0.3, 0.4) is 0 Å². The Labute approximate surface area is 637 Å². The van der Waals surface area contributed by atoms with E-state index >= 15 is 0 Å². The average Bonchev–Trinajstić information content (AvgIpc) is 1.56. The molecule has 0 unspecified atom stereocenters. The van der Waals surface area contributed by atoms with Gasteiger partial charge in [-0.15, -0.1) is 0 Å². The third-order valence-corrected chi connectivity index (χ3v) is 23.4. The summed E-state index contributed by atoms with van der Waals surface area (Å²) in [6.45, 7) is 9.32. The van der Waals surface area contributed by atoms with Crippen LogP contribution in [0, 0.1) is 0 Å². The van der Waals surface area contributed by atoms with E-state index in [9.17, 15) is 0 Å². The molecule has 2 aliphatic carbocycles. The largest absolute Gasteiger partial charge is 0.208 e. The summed E-state index contributed by atoms with van der Waals surface area (Å²) in [4.78, 5) is 31.4. The van der Waals surface area contributed by atoms with Gasteiger partial charge in [0, 0.05) is 44.2 Å². The lowest BCUT2D eigenvalue weighted by molar-refractivity contribution is 0.660. The SMILES string of the molecule is CC1(C)c2ccccc2-c2ccc(-c3ccc(-c4nc(-c5cc6ccccc6c6ccccc56)nc(-c5cc6ccccc6c6ccccc56)n4)cc3)cc21.CC1(C)c2ccccc2-c2ccc(-c3ccc(-c4nc(-c5ccc6ccc7ccccc7c6c5)nc(-c5ccc6ccc7ccccc7c6c5)n4)cc3)cc21. The van der Waals surface area contributed by atoms with Crippen LogP contribution in [0.2, 0.25) is 0 Å². The summed E-state index contributed by atoms with van der Waals surface area (Å²) in [6.07, 6.45) is 0. The number of nitrogens with zero attached hydrogens (tertiary/aromatic N) is 6. The Morgan fingerprint density at radius 2 is 0.418 bits per heavy atom. The van der Waals surface area contributed by atoms with E-state index in [4.69, 9.17) is 29.9 Å². The van der Waals surface area contributed by atoms with Crippen molar-refractivity contribution in [2.75, 3.05) is 0 Å². The van der Waals surface area contributed by atoms with Crippen molar-refractivity contribution < 1.29 is 0 Å². The van der Waals surface area contributed by atoms with Gasteiger partial charge in [0.25, 0.3) is 0 Å². The fourth-order valence-electron chi connectivity index (χ4n) is 17.7. The number of benzene rings is 18. The second-order valence-electron chi connectivity index (χ2n) is 30.5. The topological polar surface area (TPSA) is 77.3 Å². The first-order chi connectivity index (χ1) is 54.0. The van der Waals surface area contributed by atoms with Gasteiger partial charge >= 0.3 is 0 Å². The van der Waals surface area contributed by atoms with E-state index in [0.29, 0.717) is 34.9 Å². The second-order valence-corrected chi connectivity index (χ2v) is 30.5. The normalized spacial score (nSPS) is 13.1. The summed E-state index contributed by atoms with van der Waals surface area (Å²) in [5, 5.41) is 18.9. The number of rotatable bonds is 8. The smallest absolute Gasteiger partial charge is 0.164 e. The van der Waals surface area contributed by atoms with Crippen LogP contribution in [-0.4, -0.2) is 29.9 Å². The summed E-state index contributed by atoms with van der Waals surface area (Å²) in [5.41, 5.74) is 21.2. The van der Waals surface area contributed by atoms with E-state index in [0.717, 1.165) is 66.1 Å². The van der Waals surface area contributed by atoms with Gasteiger partial charge in [0.15, 0.2) is 34.9 Å². The third-order valence-electron chi connectivity index (χ3n) is 23.4. The maximum absolute atomic E-state index is 5.32. The van der Waals surface area contributed by atoms with Gasteiger partial charge in [-0.25, -0.2) is 29.9 Å². The molecule has 0 spiro atoms. The molecule has 2 heterocycles. The highest BCUT2D eigenvalue weighted by molar-refractivity contribution is 6.16. The summed E-state index contributed by atoms with van der Waals surface area (Å²) in [5.74, 6) is 3.90. The van der Waals surface area contributed by atoms with Crippen LogP contribution >= 0.6 is 0 Å². The molecule has 0 fully saturated rings. The summed E-state index contributed by atoms with van der Waals surface area (Å²) < 4.78 is 0. The molecule has 0 radical (unpaired) electrons. The predicted octanol–water partition coefficient (Wildman–Crippen LogP) is 26.9. The van der Waals surface area contributed by atoms with Crippen molar-refractivity contribution in [1.29, 1.82) is 0 Å². The lowest BCUT2D eigenvalue weighted by atomic mass is 9.81. The Hall–Kier alpha value is -13.9. The van der Waals surface area contributed by atoms with Gasteiger partial charge in [0.2, 0.25) is 0 Å². The van der Waals surface area contributed by atoms with E-state index < -0.39 is 0 Å². The minimum Gasteiger partial charge on any atom is -0.208 e. The van der Waals surface area contributed by atoms with Crippen LogP contribution in [0.25, 0.3) is 199 Å². The zero-order valence-electron chi connectivity index (χ0n) is 61.2. The molecule has 0 saturated carbocycles. The Kier molecular flexibility index (Phi) is 14.9. The van der Waals surface area contributed by atoms with Crippen LogP contribution in [0.5, 0.6) is 0 Å². The molecule has 6 nitrogen and oxygen atoms in total. The van der Waals surface area contributed by atoms with E-state index in [-0.39, 0.29) is 10.8 Å². The lowest BCUT2D eigenvalue weighted by Crippen LogP contribution is -2.14. The van der Waals surface area contributed by atoms with Crippen molar-refractivity contribution in [3.8, 4) is 113 Å². The van der Waals surface area contributed by atoms with Crippen molar-refractivity contribution in [3.63, 3.8) is 0 Å². The first-order valence-corrected chi connectivity index (χ1v) is 37.9. The Bertz CT molecular complexity index is 6940. The fraction of sp³-hybridized carbons (Fsp3) is 0.0577. The summed E-state index contributed by atoms with van der Waals surface area (Å²) in [7, 11) is 0. The van der Waals surface area contributed by atoms with Crippen molar-refractivity contribution >= 4 is 86.2 Å². The number of fused-ring (bicyclic) bond motifs is 18. The molecule has 20 aromatic rings. The Balaban J connectivity index is 0.000000140. The van der Waals surface area contributed by atoms with Crippen LogP contribution < -0.4 is 0 Å². The Morgan fingerprint density at radius 3 is 0.827 bits per heavy atom. The second kappa shape index (κ2) is 25.4. The van der Waals surface area contributed by atoms with Crippen LogP contribution in [0.15, 0.2) is 352 Å². The van der Waals surface area contributed by atoms with E-state index in [1.165, 1.54) is 120 Å². The van der Waals surface area contributed by atoms with Crippen LogP contribution in [-0.2, 0) is 10.8 Å². The molecule has 0 saturated heterocycles. The van der Waals surface area contributed by atoms with Gasteiger partial charge < -0.3 is 0 Å². The molecular weight excluding hydrogens is 1330 g/mol. The average molecular weight is 1400 g/mol. The fourth-order valence-corrected chi connectivity index (χ4v) is 17.7. The minimum atomic E-state index is -0.0561. The molecule has 0 aliphatic heterocycles. The zero-order chi connectivity index (χ0) is 73.3. The number of hydrogen-bond donors (Lipinski definition) is 0. The lowest BCUT2D eigenvalue weighted by Gasteiger charge is -2.22. The van der Waals surface area contributed by atoms with Gasteiger partial charge in [-0.05, 0) is 189 Å². The molecule has 110 heavy (non-hydrogen) atoms. The predicted molar refractivity (Wildman–Crippen MR) is 458 cm³/mol. The summed E-state index contributed by atoms with van der Waals surface area (Å²) >= 11 is 0. The monoisotopic (exact) mass is 1400 g/mol.